The van der Waals surface area contributed by atoms with E-state index in [9.17, 15) is 24.0 Å². The highest BCUT2D eigenvalue weighted by Crippen LogP contribution is 2.08. The quantitative estimate of drug-likeness (QED) is 0.186. The molecule has 0 amide bonds. The van der Waals surface area contributed by atoms with Crippen LogP contribution in [-0.4, -0.2) is 92.0 Å². The van der Waals surface area contributed by atoms with E-state index in [1.54, 1.807) is 30.3 Å². The van der Waals surface area contributed by atoms with E-state index in [0.717, 1.165) is 0 Å². The van der Waals surface area contributed by atoms with E-state index in [1.165, 1.54) is 48.5 Å². The molecule has 0 spiro atoms. The second-order valence-electron chi connectivity index (χ2n) is 7.04. The molecule has 0 saturated heterocycles. The molecule has 40 heavy (non-hydrogen) atoms. The van der Waals surface area contributed by atoms with Crippen LogP contribution in [-0.2, 0) is 4.74 Å². The first-order valence-electron chi connectivity index (χ1n) is 11.2. The Balaban J connectivity index is 0.000000518. The minimum atomic E-state index is -1.23. The molecular formula is C27H28O13. The molecule has 0 atom stereocenters. The fourth-order valence-electron chi connectivity index (χ4n) is 2.52. The van der Waals surface area contributed by atoms with Crippen molar-refractivity contribution in [3.8, 4) is 0 Å². The van der Waals surface area contributed by atoms with Crippen LogP contribution >= 0.6 is 0 Å². The molecule has 0 aliphatic carbocycles. The summed E-state index contributed by atoms with van der Waals surface area (Å²) in [5, 5.41) is 58.8. The van der Waals surface area contributed by atoms with E-state index >= 15 is 0 Å². The van der Waals surface area contributed by atoms with E-state index in [2.05, 4.69) is 4.74 Å². The molecular weight excluding hydrogens is 532 g/mol. The van der Waals surface area contributed by atoms with Gasteiger partial charge in [0.05, 0.1) is 54.2 Å². The van der Waals surface area contributed by atoms with Gasteiger partial charge in [0.1, 0.15) is 0 Å². The zero-order chi connectivity index (χ0) is 30.5. The van der Waals surface area contributed by atoms with Crippen molar-refractivity contribution in [2.75, 3.05) is 26.4 Å². The van der Waals surface area contributed by atoms with Crippen LogP contribution < -0.4 is 0 Å². The van der Waals surface area contributed by atoms with Crippen molar-refractivity contribution in [3.63, 3.8) is 0 Å². The molecule has 3 aromatic carbocycles. The summed E-state index contributed by atoms with van der Waals surface area (Å²) < 4.78 is 4.63. The third-order valence-corrected chi connectivity index (χ3v) is 4.27. The SMILES string of the molecule is O=C(O)c1ccccc1.O=C(O)c1ccccc1C(=O)O.O=C(O)c1ccccc1C(=O)O.OCCOCCO. The lowest BCUT2D eigenvalue weighted by atomic mass is 10.1. The number of hydrogen-bond acceptors (Lipinski definition) is 8. The van der Waals surface area contributed by atoms with Crippen LogP contribution in [0.5, 0.6) is 0 Å². The van der Waals surface area contributed by atoms with Crippen LogP contribution in [0.4, 0.5) is 0 Å². The van der Waals surface area contributed by atoms with E-state index in [4.69, 9.17) is 35.7 Å². The molecule has 0 saturated carbocycles. The highest BCUT2D eigenvalue weighted by molar-refractivity contribution is 6.02. The summed E-state index contributed by atoms with van der Waals surface area (Å²) in [7, 11) is 0. The molecule has 0 aliphatic heterocycles. The minimum absolute atomic E-state index is 0.0278. The molecule has 0 bridgehead atoms. The zero-order valence-corrected chi connectivity index (χ0v) is 20.9. The van der Waals surface area contributed by atoms with Gasteiger partial charge in [-0.1, -0.05) is 42.5 Å². The number of aliphatic hydroxyl groups excluding tert-OH is 2. The number of benzene rings is 3. The molecule has 13 heteroatoms. The van der Waals surface area contributed by atoms with Gasteiger partial charge in [0.25, 0.3) is 0 Å². The van der Waals surface area contributed by atoms with Crippen LogP contribution in [0.2, 0.25) is 0 Å². The van der Waals surface area contributed by atoms with Crippen LogP contribution in [0.3, 0.4) is 0 Å². The summed E-state index contributed by atoms with van der Waals surface area (Å²) in [5.41, 5.74) is -0.428. The first kappa shape index (κ1) is 34.9. The lowest BCUT2D eigenvalue weighted by Gasteiger charge is -1.98. The van der Waals surface area contributed by atoms with Crippen molar-refractivity contribution >= 4 is 29.8 Å². The number of aliphatic hydroxyl groups is 2. The van der Waals surface area contributed by atoms with E-state index in [-0.39, 0.29) is 35.5 Å². The van der Waals surface area contributed by atoms with Gasteiger partial charge < -0.3 is 40.5 Å². The van der Waals surface area contributed by atoms with Gasteiger partial charge >= 0.3 is 29.8 Å². The minimum Gasteiger partial charge on any atom is -0.478 e. The van der Waals surface area contributed by atoms with Crippen LogP contribution in [0.1, 0.15) is 51.8 Å². The fraction of sp³-hybridized carbons (Fsp3) is 0.148. The van der Waals surface area contributed by atoms with Gasteiger partial charge in [-0.2, -0.15) is 0 Å². The lowest BCUT2D eigenvalue weighted by Crippen LogP contribution is -2.06. The van der Waals surface area contributed by atoms with Gasteiger partial charge in [-0.25, -0.2) is 24.0 Å². The van der Waals surface area contributed by atoms with Gasteiger partial charge in [-0.05, 0) is 36.4 Å². The van der Waals surface area contributed by atoms with Crippen molar-refractivity contribution in [2.24, 2.45) is 0 Å². The summed E-state index contributed by atoms with van der Waals surface area (Å²) in [6, 6.07) is 19.2. The number of hydrogen-bond donors (Lipinski definition) is 7. The Hall–Kier alpha value is -5.11. The third-order valence-electron chi connectivity index (χ3n) is 4.27. The van der Waals surface area contributed by atoms with Crippen LogP contribution in [0.25, 0.3) is 0 Å². The average molecular weight is 561 g/mol. The zero-order valence-electron chi connectivity index (χ0n) is 20.9. The van der Waals surface area contributed by atoms with Crippen LogP contribution in [0.15, 0.2) is 78.9 Å². The van der Waals surface area contributed by atoms with E-state index in [0.29, 0.717) is 18.8 Å². The van der Waals surface area contributed by atoms with Crippen molar-refractivity contribution < 1.29 is 64.5 Å². The largest absolute Gasteiger partial charge is 0.478 e. The van der Waals surface area contributed by atoms with Gasteiger partial charge in [-0.3, -0.25) is 0 Å². The molecule has 0 heterocycles. The maximum absolute atomic E-state index is 10.5. The Labute approximate surface area is 227 Å². The van der Waals surface area contributed by atoms with Gasteiger partial charge in [-0.15, -0.1) is 0 Å². The van der Waals surface area contributed by atoms with Crippen molar-refractivity contribution in [1.29, 1.82) is 0 Å². The second-order valence-corrected chi connectivity index (χ2v) is 7.04. The molecule has 0 fully saturated rings. The number of carbonyl (C=O) groups is 5. The van der Waals surface area contributed by atoms with Crippen LogP contribution in [0, 0.1) is 0 Å². The smallest absolute Gasteiger partial charge is 0.336 e. The topological polar surface area (TPSA) is 236 Å². The number of carboxylic acid groups (broad SMARTS) is 5. The maximum atomic E-state index is 10.5. The first-order valence-corrected chi connectivity index (χ1v) is 11.2. The highest BCUT2D eigenvalue weighted by atomic mass is 16.5. The summed E-state index contributed by atoms with van der Waals surface area (Å²) in [6.07, 6.45) is 0. The Morgan fingerprint density at radius 1 is 0.450 bits per heavy atom. The Morgan fingerprint density at radius 3 is 0.925 bits per heavy atom. The molecule has 214 valence electrons. The molecule has 3 rings (SSSR count). The average Bonchev–Trinajstić information content (AvgIpc) is 2.94. The molecule has 13 nitrogen and oxygen atoms in total. The third kappa shape index (κ3) is 14.0. The van der Waals surface area contributed by atoms with Crippen molar-refractivity contribution in [3.05, 3.63) is 107 Å². The molecule has 0 aromatic heterocycles. The molecule has 7 N–H and O–H groups in total. The number of rotatable bonds is 9. The van der Waals surface area contributed by atoms with Gasteiger partial charge in [0.2, 0.25) is 0 Å². The summed E-state index contributed by atoms with van der Waals surface area (Å²) in [5.74, 6) is -5.79. The Morgan fingerprint density at radius 2 is 0.725 bits per heavy atom. The summed E-state index contributed by atoms with van der Waals surface area (Å²) in [6.45, 7) is 0.696. The lowest BCUT2D eigenvalue weighted by molar-refractivity contribution is 0.0650. The maximum Gasteiger partial charge on any atom is 0.336 e. The normalized spacial score (nSPS) is 9.25. The highest BCUT2D eigenvalue weighted by Gasteiger charge is 2.14. The van der Waals surface area contributed by atoms with E-state index in [1.807, 2.05) is 0 Å². The van der Waals surface area contributed by atoms with Gasteiger partial charge in [0, 0.05) is 0 Å². The molecule has 0 aliphatic rings. The Kier molecular flexibility index (Phi) is 17.4. The van der Waals surface area contributed by atoms with Gasteiger partial charge in [0.15, 0.2) is 0 Å². The molecule has 3 aromatic rings. The second kappa shape index (κ2) is 19.9. The number of ether oxygens (including phenoxy) is 1. The first-order chi connectivity index (χ1) is 19.0. The number of aromatic carboxylic acids is 5. The monoisotopic (exact) mass is 560 g/mol. The fourth-order valence-corrected chi connectivity index (χ4v) is 2.52. The predicted molar refractivity (Wildman–Crippen MR) is 139 cm³/mol. The predicted octanol–water partition coefficient (Wildman–Crippen LogP) is 2.54. The standard InChI is InChI=1S/2C8H6O4.C7H6O2.C4H10O3/c2*9-7(10)5-3-1-2-4-6(5)8(11)12;8-7(9)6-4-2-1-3-5-6;5-1-3-7-4-2-6/h2*1-4H,(H,9,10)(H,11,12);1-5H,(H,8,9);5-6H,1-4H2. The summed E-state index contributed by atoms with van der Waals surface area (Å²) >= 11 is 0. The van der Waals surface area contributed by atoms with Crippen molar-refractivity contribution in [1.82, 2.24) is 0 Å². The van der Waals surface area contributed by atoms with E-state index < -0.39 is 29.8 Å². The Bertz CT molecular complexity index is 1100. The molecule has 0 unspecified atom stereocenters. The number of carboxylic acids is 5. The summed E-state index contributed by atoms with van der Waals surface area (Å²) in [4.78, 5) is 52.1. The van der Waals surface area contributed by atoms with Crippen molar-refractivity contribution in [2.45, 2.75) is 0 Å². The molecule has 0 radical (unpaired) electrons.